The first-order chi connectivity index (χ1) is 4.63. The fourth-order valence-corrected chi connectivity index (χ4v) is 1.11. The van der Waals surface area contributed by atoms with Crippen LogP contribution in [0, 0.1) is 5.41 Å². The first-order valence-electron chi connectivity index (χ1n) is 3.20. The zero-order valence-electron chi connectivity index (χ0n) is 5.90. The number of ketones is 1. The highest BCUT2D eigenvalue weighted by molar-refractivity contribution is 6.26. The minimum atomic E-state index is 0.0185. The van der Waals surface area contributed by atoms with E-state index >= 15 is 0 Å². The Balaban J connectivity index is 3.05. The van der Waals surface area contributed by atoms with Gasteiger partial charge in [0.2, 0.25) is 0 Å². The molecule has 1 fully saturated rings. The fourth-order valence-electron chi connectivity index (χ4n) is 1.11. The van der Waals surface area contributed by atoms with Crippen molar-refractivity contribution in [3.63, 3.8) is 0 Å². The van der Waals surface area contributed by atoms with Gasteiger partial charge in [0.05, 0.1) is 5.57 Å². The number of nitrogens with one attached hydrogen (secondary N) is 1. The average Bonchev–Trinajstić information content (AvgIpc) is 2.11. The van der Waals surface area contributed by atoms with E-state index in [4.69, 9.17) is 11.1 Å². The summed E-state index contributed by atoms with van der Waals surface area (Å²) in [5.41, 5.74) is 6.71. The number of allylic oxidation sites excluding steroid dienone is 2. The van der Waals surface area contributed by atoms with E-state index in [1.165, 1.54) is 0 Å². The monoisotopic (exact) mass is 138 g/mol. The van der Waals surface area contributed by atoms with Crippen LogP contribution in [-0.4, -0.2) is 11.5 Å². The first-order valence-corrected chi connectivity index (χ1v) is 3.20. The molecule has 0 unspecified atom stereocenters. The molecule has 0 amide bonds. The lowest BCUT2D eigenvalue weighted by Crippen LogP contribution is -2.07. The number of Topliss-reactive ketones (excluding diaryl/α,β-unsaturated/α-hetero) is 1. The molecule has 0 aromatic rings. The zero-order chi connectivity index (χ0) is 7.72. The Bertz CT molecular complexity index is 206. The lowest BCUT2D eigenvalue weighted by atomic mass is 10.1. The summed E-state index contributed by atoms with van der Waals surface area (Å²) in [4.78, 5) is 10.9. The molecular formula is C7H10N2O. The van der Waals surface area contributed by atoms with Crippen molar-refractivity contribution in [1.29, 1.82) is 5.41 Å². The normalized spacial score (nSPS) is 23.7. The number of rotatable bonds is 0. The third-order valence-corrected chi connectivity index (χ3v) is 1.58. The predicted molar refractivity (Wildman–Crippen MR) is 38.9 cm³/mol. The molecule has 1 rings (SSSR count). The summed E-state index contributed by atoms with van der Waals surface area (Å²) < 4.78 is 0. The van der Waals surface area contributed by atoms with E-state index in [0.717, 1.165) is 0 Å². The molecule has 54 valence electrons. The summed E-state index contributed by atoms with van der Waals surface area (Å²) in [6.07, 6.45) is 1.02. The van der Waals surface area contributed by atoms with Crippen LogP contribution in [0.15, 0.2) is 11.3 Å². The van der Waals surface area contributed by atoms with Gasteiger partial charge in [-0.25, -0.2) is 0 Å². The second kappa shape index (κ2) is 2.25. The van der Waals surface area contributed by atoms with Gasteiger partial charge >= 0.3 is 0 Å². The summed E-state index contributed by atoms with van der Waals surface area (Å²) >= 11 is 0. The Hall–Kier alpha value is -1.12. The van der Waals surface area contributed by atoms with Gasteiger partial charge < -0.3 is 11.1 Å². The largest absolute Gasteiger partial charge is 0.402 e. The Morgan fingerprint density at radius 3 is 2.40 bits per heavy atom. The molecule has 0 saturated heterocycles. The van der Waals surface area contributed by atoms with Gasteiger partial charge in [0.25, 0.3) is 0 Å². The highest BCUT2D eigenvalue weighted by atomic mass is 16.1. The maximum atomic E-state index is 10.9. The van der Waals surface area contributed by atoms with Crippen LogP contribution >= 0.6 is 0 Å². The number of carbonyl (C=O) groups is 1. The van der Waals surface area contributed by atoms with Crippen LogP contribution in [0.1, 0.15) is 19.8 Å². The van der Waals surface area contributed by atoms with E-state index in [9.17, 15) is 4.79 Å². The molecule has 0 heterocycles. The molecule has 1 aliphatic carbocycles. The Kier molecular flexibility index (Phi) is 1.57. The second-order valence-electron chi connectivity index (χ2n) is 2.46. The minimum absolute atomic E-state index is 0.0185. The van der Waals surface area contributed by atoms with Crippen LogP contribution < -0.4 is 5.73 Å². The van der Waals surface area contributed by atoms with Crippen molar-refractivity contribution in [2.45, 2.75) is 19.8 Å². The molecule has 0 aromatic heterocycles. The number of carbonyl (C=O) groups excluding carboxylic acids is 1. The summed E-state index contributed by atoms with van der Waals surface area (Å²) in [5.74, 6) is 0.0185. The smallest absolute Gasteiger partial charge is 0.166 e. The standard InChI is InChI=1S/C7H10N2O/c1-4(8)7-5(9)2-3-6(7)10/h9H,2-3,8H2,1H3/b7-4-,9-5?. The van der Waals surface area contributed by atoms with Crippen molar-refractivity contribution in [1.82, 2.24) is 0 Å². The molecule has 1 saturated carbocycles. The minimum Gasteiger partial charge on any atom is -0.402 e. The van der Waals surface area contributed by atoms with Gasteiger partial charge in [-0.2, -0.15) is 0 Å². The van der Waals surface area contributed by atoms with Crippen LogP contribution in [0.25, 0.3) is 0 Å². The van der Waals surface area contributed by atoms with Crippen LogP contribution in [-0.2, 0) is 4.79 Å². The van der Waals surface area contributed by atoms with Gasteiger partial charge in [0.15, 0.2) is 5.78 Å². The molecule has 0 bridgehead atoms. The molecule has 3 heteroatoms. The van der Waals surface area contributed by atoms with Gasteiger partial charge in [-0.05, 0) is 13.3 Å². The second-order valence-corrected chi connectivity index (χ2v) is 2.46. The van der Waals surface area contributed by atoms with Gasteiger partial charge in [-0.1, -0.05) is 0 Å². The molecule has 3 nitrogen and oxygen atoms in total. The van der Waals surface area contributed by atoms with Crippen molar-refractivity contribution in [2.24, 2.45) is 5.73 Å². The van der Waals surface area contributed by atoms with Crippen LogP contribution in [0.5, 0.6) is 0 Å². The van der Waals surface area contributed by atoms with Crippen molar-refractivity contribution in [3.05, 3.63) is 11.3 Å². The zero-order valence-corrected chi connectivity index (χ0v) is 5.90. The van der Waals surface area contributed by atoms with E-state index in [-0.39, 0.29) is 5.78 Å². The lowest BCUT2D eigenvalue weighted by molar-refractivity contribution is -0.114. The molecular weight excluding hydrogens is 128 g/mol. The quantitative estimate of drug-likeness (QED) is 0.481. The lowest BCUT2D eigenvalue weighted by Gasteiger charge is -1.96. The van der Waals surface area contributed by atoms with E-state index in [2.05, 4.69) is 0 Å². The van der Waals surface area contributed by atoms with E-state index in [0.29, 0.717) is 29.8 Å². The fraction of sp³-hybridized carbons (Fsp3) is 0.429. The van der Waals surface area contributed by atoms with E-state index in [1.807, 2.05) is 0 Å². The van der Waals surface area contributed by atoms with E-state index in [1.54, 1.807) is 6.92 Å². The summed E-state index contributed by atoms with van der Waals surface area (Å²) in [6, 6.07) is 0. The molecule has 1 aliphatic rings. The van der Waals surface area contributed by atoms with Gasteiger partial charge in [0.1, 0.15) is 0 Å². The molecule has 0 aliphatic heterocycles. The van der Waals surface area contributed by atoms with Crippen molar-refractivity contribution >= 4 is 11.5 Å². The summed E-state index contributed by atoms with van der Waals surface area (Å²) in [6.45, 7) is 1.66. The Labute approximate surface area is 59.4 Å². The van der Waals surface area contributed by atoms with E-state index < -0.39 is 0 Å². The third kappa shape index (κ3) is 0.943. The Morgan fingerprint density at radius 2 is 2.20 bits per heavy atom. The summed E-state index contributed by atoms with van der Waals surface area (Å²) in [7, 11) is 0. The van der Waals surface area contributed by atoms with Gasteiger partial charge in [-0.15, -0.1) is 0 Å². The molecule has 3 N–H and O–H groups in total. The third-order valence-electron chi connectivity index (χ3n) is 1.58. The first kappa shape index (κ1) is 6.99. The Morgan fingerprint density at radius 1 is 1.60 bits per heavy atom. The van der Waals surface area contributed by atoms with Gasteiger partial charge in [-0.3, -0.25) is 4.79 Å². The highest BCUT2D eigenvalue weighted by Gasteiger charge is 2.23. The average molecular weight is 138 g/mol. The molecule has 0 aromatic carbocycles. The molecule has 0 radical (unpaired) electrons. The SMILES string of the molecule is C/C(N)=C1\C(=N)CCC1=O. The van der Waals surface area contributed by atoms with Crippen LogP contribution in [0.3, 0.4) is 0 Å². The predicted octanol–water partition coefficient (Wildman–Crippen LogP) is 0.602. The molecule has 0 atom stereocenters. The summed E-state index contributed by atoms with van der Waals surface area (Å²) in [5, 5.41) is 7.31. The topological polar surface area (TPSA) is 66.9 Å². The number of hydrogen-bond acceptors (Lipinski definition) is 3. The maximum Gasteiger partial charge on any atom is 0.166 e. The molecule has 0 spiro atoms. The maximum absolute atomic E-state index is 10.9. The van der Waals surface area contributed by atoms with Crippen molar-refractivity contribution in [2.75, 3.05) is 0 Å². The van der Waals surface area contributed by atoms with Crippen LogP contribution in [0.2, 0.25) is 0 Å². The van der Waals surface area contributed by atoms with Gasteiger partial charge in [0, 0.05) is 17.8 Å². The van der Waals surface area contributed by atoms with Crippen molar-refractivity contribution < 1.29 is 4.79 Å². The van der Waals surface area contributed by atoms with Crippen molar-refractivity contribution in [3.8, 4) is 0 Å². The number of nitrogens with two attached hydrogens (primary N) is 1. The van der Waals surface area contributed by atoms with Crippen LogP contribution in [0.4, 0.5) is 0 Å². The number of hydrogen-bond donors (Lipinski definition) is 2. The molecule has 10 heavy (non-hydrogen) atoms. The highest BCUT2D eigenvalue weighted by Crippen LogP contribution is 2.18.